The molecule has 2 aromatic rings. The number of hydrogen-bond acceptors (Lipinski definition) is 3. The summed E-state index contributed by atoms with van der Waals surface area (Å²) < 4.78 is 37.2. The molecule has 0 unspecified atom stereocenters. The number of aromatic nitrogens is 1. The van der Waals surface area contributed by atoms with Crippen LogP contribution in [0.4, 0.5) is 13.2 Å². The smallest absolute Gasteiger partial charge is 0.288 e. The number of carbonyl (C=O) groups is 1. The first-order valence-electron chi connectivity index (χ1n) is 4.82. The molecule has 0 spiro atoms. The minimum Gasteiger partial charge on any atom is -0.288 e. The lowest BCUT2D eigenvalue weighted by molar-refractivity contribution is -0.141. The molecule has 0 saturated carbocycles. The van der Waals surface area contributed by atoms with Gasteiger partial charge in [0.25, 0.3) is 0 Å². The van der Waals surface area contributed by atoms with Crippen LogP contribution in [0.25, 0.3) is 0 Å². The normalized spacial score (nSPS) is 11.6. The van der Waals surface area contributed by atoms with Crippen LogP contribution >= 0.6 is 34.5 Å². The minimum atomic E-state index is -4.61. The van der Waals surface area contributed by atoms with Gasteiger partial charge in [0, 0.05) is 0 Å². The molecule has 0 aliphatic rings. The van der Waals surface area contributed by atoms with Crippen molar-refractivity contribution in [1.29, 1.82) is 0 Å². The predicted octanol–water partition coefficient (Wildman–Crippen LogP) is 4.70. The minimum absolute atomic E-state index is 0.112. The zero-order chi connectivity index (χ0) is 14.2. The zero-order valence-corrected chi connectivity index (χ0v) is 11.3. The zero-order valence-electron chi connectivity index (χ0n) is 8.96. The van der Waals surface area contributed by atoms with Crippen molar-refractivity contribution in [2.24, 2.45) is 0 Å². The molecular formula is C11H4Cl2F3NOS. The number of halogens is 5. The molecule has 0 aromatic carbocycles. The first kappa shape index (κ1) is 14.3. The van der Waals surface area contributed by atoms with E-state index in [1.807, 2.05) is 0 Å². The summed E-state index contributed by atoms with van der Waals surface area (Å²) in [7, 11) is 0. The maximum absolute atomic E-state index is 12.4. The van der Waals surface area contributed by atoms with Gasteiger partial charge in [0.15, 0.2) is 0 Å². The Balaban J connectivity index is 2.43. The highest BCUT2D eigenvalue weighted by atomic mass is 35.5. The van der Waals surface area contributed by atoms with Crippen LogP contribution in [-0.4, -0.2) is 10.8 Å². The second kappa shape index (κ2) is 5.11. The van der Waals surface area contributed by atoms with Gasteiger partial charge in [-0.05, 0) is 23.6 Å². The average molecular weight is 326 g/mol. The van der Waals surface area contributed by atoms with E-state index in [1.54, 1.807) is 5.38 Å². The molecule has 0 bridgehead atoms. The maximum Gasteiger partial charge on any atom is 0.433 e. The van der Waals surface area contributed by atoms with Gasteiger partial charge in [-0.25, -0.2) is 4.98 Å². The van der Waals surface area contributed by atoms with E-state index in [9.17, 15) is 18.0 Å². The number of pyridine rings is 1. The van der Waals surface area contributed by atoms with Gasteiger partial charge < -0.3 is 0 Å². The maximum atomic E-state index is 12.4. The van der Waals surface area contributed by atoms with Crippen molar-refractivity contribution >= 4 is 40.3 Å². The molecule has 2 rings (SSSR count). The lowest BCUT2D eigenvalue weighted by atomic mass is 10.1. The van der Waals surface area contributed by atoms with Crippen LogP contribution in [-0.2, 0) is 6.18 Å². The van der Waals surface area contributed by atoms with Gasteiger partial charge in [-0.15, -0.1) is 11.3 Å². The van der Waals surface area contributed by atoms with E-state index in [0.717, 1.165) is 17.4 Å². The first-order chi connectivity index (χ1) is 8.80. The molecule has 0 saturated heterocycles. The third-order valence-electron chi connectivity index (χ3n) is 2.21. The summed E-state index contributed by atoms with van der Waals surface area (Å²) in [6.07, 6.45) is -4.61. The van der Waals surface area contributed by atoms with Crippen molar-refractivity contribution in [3.05, 3.63) is 49.9 Å². The highest BCUT2D eigenvalue weighted by molar-refractivity contribution is 7.13. The summed E-state index contributed by atoms with van der Waals surface area (Å²) in [5.74, 6) is -0.550. The third-order valence-corrected chi connectivity index (χ3v) is 3.84. The lowest BCUT2D eigenvalue weighted by Crippen LogP contribution is -2.10. The monoisotopic (exact) mass is 325 g/mol. The lowest BCUT2D eigenvalue weighted by Gasteiger charge is -2.07. The number of thiophene rings is 1. The molecule has 0 aliphatic carbocycles. The van der Waals surface area contributed by atoms with E-state index in [0.29, 0.717) is 6.07 Å². The van der Waals surface area contributed by atoms with Gasteiger partial charge in [0.2, 0.25) is 5.78 Å². The summed E-state index contributed by atoms with van der Waals surface area (Å²) in [6, 6.07) is 3.22. The highest BCUT2D eigenvalue weighted by Gasteiger charge is 2.33. The van der Waals surface area contributed by atoms with E-state index in [4.69, 9.17) is 23.2 Å². The Kier molecular flexibility index (Phi) is 3.85. The summed E-state index contributed by atoms with van der Waals surface area (Å²) in [4.78, 5) is 15.4. The average Bonchev–Trinajstić information content (AvgIpc) is 2.73. The predicted molar refractivity (Wildman–Crippen MR) is 67.0 cm³/mol. The molecule has 2 aromatic heterocycles. The van der Waals surface area contributed by atoms with Crippen LogP contribution < -0.4 is 0 Å². The standard InChI is InChI=1S/C11H4Cl2F3NOS/c12-6-3-4-19-9(6)8(18)5-1-2-7(11(14,15)16)17-10(5)13/h1-4H. The van der Waals surface area contributed by atoms with Crippen molar-refractivity contribution in [3.63, 3.8) is 0 Å². The number of carbonyl (C=O) groups excluding carboxylic acids is 1. The topological polar surface area (TPSA) is 30.0 Å². The van der Waals surface area contributed by atoms with E-state index < -0.39 is 22.8 Å². The van der Waals surface area contributed by atoms with Crippen molar-refractivity contribution in [2.45, 2.75) is 6.18 Å². The van der Waals surface area contributed by atoms with Crippen LogP contribution in [0.15, 0.2) is 23.6 Å². The van der Waals surface area contributed by atoms with E-state index in [-0.39, 0.29) is 15.5 Å². The van der Waals surface area contributed by atoms with Crippen molar-refractivity contribution in [3.8, 4) is 0 Å². The molecule has 0 fully saturated rings. The SMILES string of the molecule is O=C(c1ccc(C(F)(F)F)nc1Cl)c1sccc1Cl. The quantitative estimate of drug-likeness (QED) is 0.591. The number of hydrogen-bond donors (Lipinski definition) is 0. The molecule has 0 aliphatic heterocycles. The summed E-state index contributed by atoms with van der Waals surface area (Å²) in [5.41, 5.74) is -1.26. The molecule has 2 heterocycles. The van der Waals surface area contributed by atoms with Crippen LogP contribution in [0, 0.1) is 0 Å². The Labute approximate surface area is 119 Å². The fourth-order valence-corrected chi connectivity index (χ4v) is 2.67. The van der Waals surface area contributed by atoms with Gasteiger partial charge in [-0.1, -0.05) is 23.2 Å². The van der Waals surface area contributed by atoms with Gasteiger partial charge in [0.1, 0.15) is 10.8 Å². The Bertz CT molecular complexity index is 639. The number of alkyl halides is 3. The Morgan fingerprint density at radius 3 is 2.37 bits per heavy atom. The molecule has 19 heavy (non-hydrogen) atoms. The summed E-state index contributed by atoms with van der Waals surface area (Å²) >= 11 is 12.5. The fraction of sp³-hybridized carbons (Fsp3) is 0.0909. The van der Waals surface area contributed by atoms with Crippen LogP contribution in [0.1, 0.15) is 20.9 Å². The van der Waals surface area contributed by atoms with Gasteiger partial charge in [-0.2, -0.15) is 13.2 Å². The molecule has 0 amide bonds. The number of ketones is 1. The molecule has 0 radical (unpaired) electrons. The van der Waals surface area contributed by atoms with Crippen molar-refractivity contribution in [2.75, 3.05) is 0 Å². The third kappa shape index (κ3) is 2.91. The Morgan fingerprint density at radius 2 is 1.89 bits per heavy atom. The Morgan fingerprint density at radius 1 is 1.21 bits per heavy atom. The van der Waals surface area contributed by atoms with Crippen molar-refractivity contribution < 1.29 is 18.0 Å². The molecule has 100 valence electrons. The van der Waals surface area contributed by atoms with Crippen LogP contribution in [0.2, 0.25) is 10.2 Å². The van der Waals surface area contributed by atoms with Crippen LogP contribution in [0.5, 0.6) is 0 Å². The van der Waals surface area contributed by atoms with E-state index >= 15 is 0 Å². The molecule has 2 nitrogen and oxygen atoms in total. The summed E-state index contributed by atoms with van der Waals surface area (Å²) in [5, 5.41) is 1.33. The summed E-state index contributed by atoms with van der Waals surface area (Å²) in [6.45, 7) is 0. The second-order valence-corrected chi connectivity index (χ2v) is 5.14. The number of rotatable bonds is 2. The highest BCUT2D eigenvalue weighted by Crippen LogP contribution is 2.31. The molecular weight excluding hydrogens is 322 g/mol. The second-order valence-electron chi connectivity index (χ2n) is 3.46. The molecule has 0 N–H and O–H groups in total. The Hall–Kier alpha value is -1.11. The van der Waals surface area contributed by atoms with E-state index in [2.05, 4.69) is 4.98 Å². The van der Waals surface area contributed by atoms with Gasteiger partial charge >= 0.3 is 6.18 Å². The van der Waals surface area contributed by atoms with Crippen LogP contribution in [0.3, 0.4) is 0 Å². The molecule has 0 atom stereocenters. The fourth-order valence-electron chi connectivity index (χ4n) is 1.34. The van der Waals surface area contributed by atoms with Crippen molar-refractivity contribution in [1.82, 2.24) is 4.98 Å². The van der Waals surface area contributed by atoms with Gasteiger partial charge in [-0.3, -0.25) is 4.79 Å². The van der Waals surface area contributed by atoms with Gasteiger partial charge in [0.05, 0.1) is 15.5 Å². The largest absolute Gasteiger partial charge is 0.433 e. The number of nitrogens with zero attached hydrogens (tertiary/aromatic N) is 1. The van der Waals surface area contributed by atoms with E-state index in [1.165, 1.54) is 6.07 Å². The first-order valence-corrected chi connectivity index (χ1v) is 6.45. The molecule has 8 heteroatoms.